The Kier molecular flexibility index (Phi) is 12.5. The van der Waals surface area contributed by atoms with Crippen molar-refractivity contribution in [3.63, 3.8) is 0 Å². The number of nitrogens with one attached hydrogen (secondary N) is 3. The summed E-state index contributed by atoms with van der Waals surface area (Å²) in [6.07, 6.45) is 0.813. The second kappa shape index (κ2) is 16.3. The number of nitrogens with two attached hydrogens (primary N) is 1. The molecule has 0 aliphatic carbocycles. The number of rotatable bonds is 15. The Balaban J connectivity index is 1.66. The topological polar surface area (TPSA) is 143 Å². The molecule has 3 aromatic carbocycles. The molecule has 218 valence electrons. The third-order valence-electron chi connectivity index (χ3n) is 6.87. The van der Waals surface area contributed by atoms with Crippen molar-refractivity contribution in [2.75, 3.05) is 6.61 Å². The minimum absolute atomic E-state index is 0.0489. The Morgan fingerprint density at radius 3 is 2.05 bits per heavy atom. The van der Waals surface area contributed by atoms with Gasteiger partial charge in [0.05, 0.1) is 19.3 Å². The molecule has 0 bridgehead atoms. The van der Waals surface area contributed by atoms with E-state index >= 15 is 0 Å². The van der Waals surface area contributed by atoms with Gasteiger partial charge in [-0.05, 0) is 34.7 Å². The standard InChI is InChI=1S/C32H40N4O5/c1-3-22(2)29(34-19-24-10-6-4-7-11-24)32(40)36-31(39)28(18-23-14-16-26(37)17-15-23)35-30(38)27(33)21-41-20-25-12-8-5-9-13-25/h4-17,22,27-29,34,37H,3,18-21,33H2,1-2H3,(H,35,38)(H,36,39,40)/t22-,27-,28-,29-/m0/s1. The summed E-state index contributed by atoms with van der Waals surface area (Å²) < 4.78 is 5.60. The van der Waals surface area contributed by atoms with E-state index in [1.807, 2.05) is 74.5 Å². The molecule has 3 amide bonds. The summed E-state index contributed by atoms with van der Waals surface area (Å²) in [5.41, 5.74) is 8.71. The van der Waals surface area contributed by atoms with Gasteiger partial charge in [0.1, 0.15) is 17.8 Å². The minimum Gasteiger partial charge on any atom is -0.508 e. The molecule has 0 heterocycles. The van der Waals surface area contributed by atoms with Crippen molar-refractivity contribution in [2.45, 2.75) is 58.0 Å². The number of hydrogen-bond donors (Lipinski definition) is 5. The molecule has 9 nitrogen and oxygen atoms in total. The van der Waals surface area contributed by atoms with Crippen molar-refractivity contribution < 1.29 is 24.2 Å². The third-order valence-corrected chi connectivity index (χ3v) is 6.87. The van der Waals surface area contributed by atoms with Crippen LogP contribution in [0.5, 0.6) is 5.75 Å². The van der Waals surface area contributed by atoms with E-state index in [4.69, 9.17) is 10.5 Å². The highest BCUT2D eigenvalue weighted by molar-refractivity contribution is 6.01. The van der Waals surface area contributed by atoms with E-state index in [-0.39, 0.29) is 24.7 Å². The Labute approximate surface area is 241 Å². The molecule has 0 aliphatic rings. The van der Waals surface area contributed by atoms with Gasteiger partial charge in [0, 0.05) is 13.0 Å². The van der Waals surface area contributed by atoms with E-state index in [1.165, 1.54) is 12.1 Å². The second-order valence-electron chi connectivity index (χ2n) is 10.1. The number of ether oxygens (including phenoxy) is 1. The van der Waals surface area contributed by atoms with Crippen LogP contribution in [-0.2, 0) is 38.7 Å². The van der Waals surface area contributed by atoms with Crippen LogP contribution >= 0.6 is 0 Å². The van der Waals surface area contributed by atoms with Gasteiger partial charge in [-0.15, -0.1) is 0 Å². The first-order chi connectivity index (χ1) is 19.8. The molecule has 3 aromatic rings. The maximum atomic E-state index is 13.4. The summed E-state index contributed by atoms with van der Waals surface area (Å²) >= 11 is 0. The fourth-order valence-corrected chi connectivity index (χ4v) is 4.21. The van der Waals surface area contributed by atoms with Crippen LogP contribution in [0.3, 0.4) is 0 Å². The number of imide groups is 1. The van der Waals surface area contributed by atoms with E-state index in [2.05, 4.69) is 16.0 Å². The van der Waals surface area contributed by atoms with E-state index in [0.717, 1.165) is 17.5 Å². The number of phenols is 1. The quantitative estimate of drug-likeness (QED) is 0.192. The number of amides is 3. The van der Waals surface area contributed by atoms with Gasteiger partial charge < -0.3 is 26.2 Å². The van der Waals surface area contributed by atoms with Gasteiger partial charge in [-0.25, -0.2) is 0 Å². The van der Waals surface area contributed by atoms with Crippen LogP contribution in [0.4, 0.5) is 0 Å². The molecule has 0 aromatic heterocycles. The van der Waals surface area contributed by atoms with Crippen molar-refractivity contribution in [3.05, 3.63) is 102 Å². The lowest BCUT2D eigenvalue weighted by molar-refractivity contribution is -0.136. The lowest BCUT2D eigenvalue weighted by Crippen LogP contribution is -2.57. The molecule has 0 fully saturated rings. The third kappa shape index (κ3) is 10.5. The van der Waals surface area contributed by atoms with E-state index in [1.54, 1.807) is 12.1 Å². The molecule has 0 unspecified atom stereocenters. The fourth-order valence-electron chi connectivity index (χ4n) is 4.21. The number of hydrogen-bond acceptors (Lipinski definition) is 7. The van der Waals surface area contributed by atoms with Crippen LogP contribution in [-0.4, -0.2) is 47.6 Å². The SMILES string of the molecule is CC[C@H](C)[C@H](NCc1ccccc1)C(=O)NC(=O)[C@H](Cc1ccc(O)cc1)NC(=O)[C@@H](N)COCc1ccccc1. The summed E-state index contributed by atoms with van der Waals surface area (Å²) in [7, 11) is 0. The fraction of sp³-hybridized carbons (Fsp3) is 0.344. The first-order valence-corrected chi connectivity index (χ1v) is 13.8. The van der Waals surface area contributed by atoms with Crippen molar-refractivity contribution in [1.29, 1.82) is 0 Å². The molecule has 9 heteroatoms. The summed E-state index contributed by atoms with van der Waals surface area (Å²) in [5, 5.41) is 18.1. The molecule has 0 spiro atoms. The summed E-state index contributed by atoms with van der Waals surface area (Å²) in [5.74, 6) is -1.67. The first kappa shape index (κ1) is 31.5. The zero-order valence-electron chi connectivity index (χ0n) is 23.6. The molecule has 0 saturated carbocycles. The average molecular weight is 561 g/mol. The lowest BCUT2D eigenvalue weighted by Gasteiger charge is -2.25. The van der Waals surface area contributed by atoms with Crippen LogP contribution < -0.4 is 21.7 Å². The van der Waals surface area contributed by atoms with Crippen LogP contribution in [0, 0.1) is 5.92 Å². The summed E-state index contributed by atoms with van der Waals surface area (Å²) in [6.45, 7) is 4.62. The predicted octanol–water partition coefficient (Wildman–Crippen LogP) is 2.81. The maximum Gasteiger partial charge on any atom is 0.249 e. The Bertz CT molecular complexity index is 1240. The highest BCUT2D eigenvalue weighted by Gasteiger charge is 2.30. The number of carbonyl (C=O) groups is 3. The zero-order valence-corrected chi connectivity index (χ0v) is 23.6. The van der Waals surface area contributed by atoms with Gasteiger partial charge in [0.15, 0.2) is 0 Å². The molecule has 6 N–H and O–H groups in total. The van der Waals surface area contributed by atoms with Crippen molar-refractivity contribution in [1.82, 2.24) is 16.0 Å². The first-order valence-electron chi connectivity index (χ1n) is 13.8. The maximum absolute atomic E-state index is 13.4. The number of benzene rings is 3. The van der Waals surface area contributed by atoms with E-state index < -0.39 is 35.8 Å². The van der Waals surface area contributed by atoms with Gasteiger partial charge in [-0.2, -0.15) is 0 Å². The normalized spacial score (nSPS) is 13.9. The average Bonchev–Trinajstić information content (AvgIpc) is 2.98. The molecule has 4 atom stereocenters. The Morgan fingerprint density at radius 1 is 0.829 bits per heavy atom. The summed E-state index contributed by atoms with van der Waals surface area (Å²) in [6, 6.07) is 22.7. The Hall–Kier alpha value is -4.05. The van der Waals surface area contributed by atoms with Gasteiger partial charge in [-0.3, -0.25) is 19.7 Å². The van der Waals surface area contributed by atoms with E-state index in [9.17, 15) is 19.5 Å². The van der Waals surface area contributed by atoms with Crippen LogP contribution in [0.25, 0.3) is 0 Å². The van der Waals surface area contributed by atoms with Crippen LogP contribution in [0.15, 0.2) is 84.9 Å². The number of carbonyl (C=O) groups excluding carboxylic acids is 3. The van der Waals surface area contributed by atoms with Gasteiger partial charge in [0.2, 0.25) is 17.7 Å². The van der Waals surface area contributed by atoms with Crippen molar-refractivity contribution in [2.24, 2.45) is 11.7 Å². The lowest BCUT2D eigenvalue weighted by atomic mass is 9.97. The van der Waals surface area contributed by atoms with Gasteiger partial charge >= 0.3 is 0 Å². The number of phenolic OH excluding ortho intramolecular Hbond substituents is 1. The molecular weight excluding hydrogens is 520 g/mol. The monoisotopic (exact) mass is 560 g/mol. The zero-order chi connectivity index (χ0) is 29.6. The highest BCUT2D eigenvalue weighted by atomic mass is 16.5. The summed E-state index contributed by atoms with van der Waals surface area (Å²) in [4.78, 5) is 39.6. The minimum atomic E-state index is -1.08. The smallest absolute Gasteiger partial charge is 0.249 e. The second-order valence-corrected chi connectivity index (χ2v) is 10.1. The van der Waals surface area contributed by atoms with Crippen molar-refractivity contribution in [3.8, 4) is 5.75 Å². The largest absolute Gasteiger partial charge is 0.508 e. The molecule has 0 radical (unpaired) electrons. The molecule has 0 aliphatic heterocycles. The molecule has 41 heavy (non-hydrogen) atoms. The van der Waals surface area contributed by atoms with Crippen molar-refractivity contribution >= 4 is 17.7 Å². The molecule has 3 rings (SSSR count). The molecular formula is C32H40N4O5. The van der Waals surface area contributed by atoms with Crippen LogP contribution in [0.2, 0.25) is 0 Å². The Morgan fingerprint density at radius 2 is 1.44 bits per heavy atom. The molecule has 0 saturated heterocycles. The van der Waals surface area contributed by atoms with Gasteiger partial charge in [-0.1, -0.05) is 93.1 Å². The predicted molar refractivity (Wildman–Crippen MR) is 157 cm³/mol. The number of aromatic hydroxyl groups is 1. The highest BCUT2D eigenvalue weighted by Crippen LogP contribution is 2.13. The van der Waals surface area contributed by atoms with Crippen LogP contribution in [0.1, 0.15) is 37.0 Å². The van der Waals surface area contributed by atoms with Gasteiger partial charge in [0.25, 0.3) is 0 Å². The van der Waals surface area contributed by atoms with E-state index in [0.29, 0.717) is 18.7 Å².